The molecule has 0 saturated carbocycles. The van der Waals surface area contributed by atoms with Crippen molar-refractivity contribution in [1.29, 1.82) is 0 Å². The highest BCUT2D eigenvalue weighted by atomic mass is 79.9. The van der Waals surface area contributed by atoms with Crippen LogP contribution in [0.25, 0.3) is 0 Å². The number of halogens is 3. The van der Waals surface area contributed by atoms with Gasteiger partial charge in [-0.15, -0.1) is 0 Å². The van der Waals surface area contributed by atoms with Crippen molar-refractivity contribution >= 4 is 56.4 Å². The third-order valence-corrected chi connectivity index (χ3v) is 3.59. The molecule has 0 aliphatic heterocycles. The van der Waals surface area contributed by atoms with Crippen molar-refractivity contribution in [2.45, 2.75) is 0 Å². The van der Waals surface area contributed by atoms with Crippen LogP contribution in [0, 0.1) is 0 Å². The van der Waals surface area contributed by atoms with Gasteiger partial charge in [0.2, 0.25) is 0 Å². The van der Waals surface area contributed by atoms with Crippen LogP contribution in [0.1, 0.15) is 5.56 Å². The molecule has 0 N–H and O–H groups in total. The molecular weight excluding hydrogens is 357 g/mol. The lowest BCUT2D eigenvalue weighted by Crippen LogP contribution is -2.07. The van der Waals surface area contributed by atoms with E-state index in [1.165, 1.54) is 6.20 Å². The van der Waals surface area contributed by atoms with Gasteiger partial charge in [0.05, 0.1) is 5.02 Å². The third kappa shape index (κ3) is 3.42. The molecule has 0 aliphatic carbocycles. The molecule has 92 valence electrons. The molecule has 0 aliphatic rings. The summed E-state index contributed by atoms with van der Waals surface area (Å²) < 4.78 is 6.49. The number of benzene rings is 1. The molecule has 0 bridgehead atoms. The van der Waals surface area contributed by atoms with Gasteiger partial charge in [-0.1, -0.05) is 39.1 Å². The topological polar surface area (TPSA) is 22.1 Å². The fraction of sp³-hybridized carbons (Fsp3) is 0. The smallest absolute Gasteiger partial charge is 0.199 e. The summed E-state index contributed by atoms with van der Waals surface area (Å²) in [6, 6.07) is 8.97. The first-order valence-corrected chi connectivity index (χ1v) is 6.81. The molecule has 2 rings (SSSR count). The molecule has 0 amide bonds. The van der Waals surface area contributed by atoms with Crippen molar-refractivity contribution in [1.82, 2.24) is 4.98 Å². The minimum Gasteiger partial charge on any atom is -0.445 e. The molecule has 6 heteroatoms. The molecule has 0 spiro atoms. The zero-order valence-electron chi connectivity index (χ0n) is 8.86. The lowest BCUT2D eigenvalue weighted by Gasteiger charge is -2.07. The molecule has 2 nitrogen and oxygen atoms in total. The largest absolute Gasteiger partial charge is 0.445 e. The van der Waals surface area contributed by atoms with Crippen molar-refractivity contribution in [3.8, 4) is 5.75 Å². The normalized spacial score (nSPS) is 10.2. The van der Waals surface area contributed by atoms with Crippen molar-refractivity contribution in [3.63, 3.8) is 0 Å². The van der Waals surface area contributed by atoms with E-state index in [-0.39, 0.29) is 5.15 Å². The standard InChI is InChI=1S/C12H6BrCl2NOS/c13-8-1-3-9(4-2-8)17-12(18)7-5-10(14)11(15)16-6-7/h1-6H. The summed E-state index contributed by atoms with van der Waals surface area (Å²) in [6.45, 7) is 0. The van der Waals surface area contributed by atoms with Gasteiger partial charge in [-0.2, -0.15) is 0 Å². The van der Waals surface area contributed by atoms with Gasteiger partial charge >= 0.3 is 0 Å². The average Bonchev–Trinajstić information content (AvgIpc) is 2.35. The number of hydrogen-bond acceptors (Lipinski definition) is 3. The monoisotopic (exact) mass is 361 g/mol. The number of pyridine rings is 1. The number of ether oxygens (including phenoxy) is 1. The lowest BCUT2D eigenvalue weighted by atomic mass is 10.3. The number of thiocarbonyl (C=S) groups is 1. The summed E-state index contributed by atoms with van der Waals surface area (Å²) in [5.41, 5.74) is 0.613. The van der Waals surface area contributed by atoms with Crippen molar-refractivity contribution in [3.05, 3.63) is 56.7 Å². The molecule has 18 heavy (non-hydrogen) atoms. The average molecular weight is 363 g/mol. The van der Waals surface area contributed by atoms with Crippen molar-refractivity contribution in [2.75, 3.05) is 0 Å². The first-order chi connectivity index (χ1) is 8.56. The second kappa shape index (κ2) is 5.97. The Hall–Kier alpha value is -0.680. The minimum absolute atomic E-state index is 0.242. The summed E-state index contributed by atoms with van der Waals surface area (Å²) in [5.74, 6) is 0.647. The van der Waals surface area contributed by atoms with Gasteiger partial charge in [-0.3, -0.25) is 0 Å². The molecular formula is C12H6BrCl2NOS. The predicted molar refractivity (Wildman–Crippen MR) is 80.7 cm³/mol. The van der Waals surface area contributed by atoms with Gasteiger partial charge < -0.3 is 4.74 Å². The Morgan fingerprint density at radius 1 is 1.22 bits per heavy atom. The third-order valence-electron chi connectivity index (χ3n) is 2.06. The summed E-state index contributed by atoms with van der Waals surface area (Å²) in [7, 11) is 0. The van der Waals surface area contributed by atoms with Crippen molar-refractivity contribution in [2.24, 2.45) is 0 Å². The van der Waals surface area contributed by atoms with E-state index in [2.05, 4.69) is 20.9 Å². The summed E-state index contributed by atoms with van der Waals surface area (Å²) in [5, 5.41) is 0.881. The van der Waals surface area contributed by atoms with E-state index in [0.717, 1.165) is 4.47 Å². The van der Waals surface area contributed by atoms with Crippen LogP contribution in [0.2, 0.25) is 10.2 Å². The van der Waals surface area contributed by atoms with Crippen LogP contribution in [0.4, 0.5) is 0 Å². The van der Waals surface area contributed by atoms with Gasteiger partial charge in [0, 0.05) is 16.2 Å². The summed E-state index contributed by atoms with van der Waals surface area (Å²) in [6.07, 6.45) is 1.52. The SMILES string of the molecule is S=C(Oc1ccc(Br)cc1)c1cnc(Cl)c(Cl)c1. The van der Waals surface area contributed by atoms with E-state index in [4.69, 9.17) is 40.2 Å². The summed E-state index contributed by atoms with van der Waals surface area (Å²) >= 11 is 20.1. The maximum atomic E-state index is 5.87. The van der Waals surface area contributed by atoms with Crippen LogP contribution >= 0.6 is 51.3 Å². The van der Waals surface area contributed by atoms with Crippen LogP contribution in [-0.2, 0) is 0 Å². The minimum atomic E-state index is 0.242. The molecule has 0 fully saturated rings. The predicted octanol–water partition coefficient (Wildman–Crippen LogP) is 4.91. The Kier molecular flexibility index (Phi) is 4.56. The number of aromatic nitrogens is 1. The van der Waals surface area contributed by atoms with Gasteiger partial charge in [-0.05, 0) is 42.5 Å². The second-order valence-corrected chi connectivity index (χ2v) is 5.39. The Morgan fingerprint density at radius 3 is 2.50 bits per heavy atom. The first-order valence-electron chi connectivity index (χ1n) is 4.85. The van der Waals surface area contributed by atoms with Crippen LogP contribution in [0.15, 0.2) is 41.0 Å². The summed E-state index contributed by atoms with van der Waals surface area (Å²) in [4.78, 5) is 3.91. The van der Waals surface area contributed by atoms with Gasteiger partial charge in [-0.25, -0.2) is 4.98 Å². The highest BCUT2D eigenvalue weighted by Gasteiger charge is 2.08. The number of nitrogens with zero attached hydrogens (tertiary/aromatic N) is 1. The van der Waals surface area contributed by atoms with Crippen LogP contribution in [0.3, 0.4) is 0 Å². The molecule has 2 aromatic rings. The number of rotatable bonds is 2. The van der Waals surface area contributed by atoms with E-state index in [0.29, 0.717) is 21.4 Å². The van der Waals surface area contributed by atoms with Crippen LogP contribution < -0.4 is 4.74 Å². The van der Waals surface area contributed by atoms with E-state index in [1.54, 1.807) is 18.2 Å². The van der Waals surface area contributed by atoms with Crippen molar-refractivity contribution < 1.29 is 4.74 Å². The molecule has 1 aromatic heterocycles. The highest BCUT2D eigenvalue weighted by Crippen LogP contribution is 2.22. The lowest BCUT2D eigenvalue weighted by molar-refractivity contribution is 0.566. The Labute approximate surface area is 128 Å². The molecule has 0 saturated heterocycles. The maximum absolute atomic E-state index is 5.87. The molecule has 1 heterocycles. The molecule has 0 atom stereocenters. The highest BCUT2D eigenvalue weighted by molar-refractivity contribution is 9.10. The van der Waals surface area contributed by atoms with E-state index < -0.39 is 0 Å². The van der Waals surface area contributed by atoms with Gasteiger partial charge in [0.1, 0.15) is 10.9 Å². The molecule has 0 radical (unpaired) electrons. The second-order valence-electron chi connectivity index (χ2n) is 3.34. The molecule has 0 unspecified atom stereocenters. The first kappa shape index (κ1) is 13.7. The zero-order valence-corrected chi connectivity index (χ0v) is 12.8. The van der Waals surface area contributed by atoms with E-state index in [9.17, 15) is 0 Å². The van der Waals surface area contributed by atoms with Gasteiger partial charge in [0.25, 0.3) is 0 Å². The number of hydrogen-bond donors (Lipinski definition) is 0. The Morgan fingerprint density at radius 2 is 1.89 bits per heavy atom. The zero-order chi connectivity index (χ0) is 13.1. The fourth-order valence-corrected chi connectivity index (χ4v) is 1.94. The van der Waals surface area contributed by atoms with Gasteiger partial charge in [0.15, 0.2) is 5.05 Å². The van der Waals surface area contributed by atoms with E-state index >= 15 is 0 Å². The quantitative estimate of drug-likeness (QED) is 0.560. The Balaban J connectivity index is 2.16. The Bertz CT molecular complexity index is 589. The fourth-order valence-electron chi connectivity index (χ4n) is 1.20. The molecule has 1 aromatic carbocycles. The van der Waals surface area contributed by atoms with E-state index in [1.807, 2.05) is 12.1 Å². The van der Waals surface area contributed by atoms with Crippen LogP contribution in [0.5, 0.6) is 5.75 Å². The van der Waals surface area contributed by atoms with Crippen LogP contribution in [-0.4, -0.2) is 10.0 Å². The maximum Gasteiger partial charge on any atom is 0.199 e.